The number of nitrogens with zero attached hydrogens (tertiary/aromatic N) is 2. The first-order chi connectivity index (χ1) is 14.7. The van der Waals surface area contributed by atoms with Crippen LogP contribution in [0.5, 0.6) is 0 Å². The molecule has 0 unspecified atom stereocenters. The van der Waals surface area contributed by atoms with Crippen molar-refractivity contribution in [3.63, 3.8) is 0 Å². The quantitative estimate of drug-likeness (QED) is 0.238. The highest BCUT2D eigenvalue weighted by Crippen LogP contribution is 2.42. The van der Waals surface area contributed by atoms with Gasteiger partial charge >= 0.3 is 0 Å². The Morgan fingerprint density at radius 1 is 0.833 bits per heavy atom. The first-order valence-corrected chi connectivity index (χ1v) is 11.5. The molecule has 0 fully saturated rings. The van der Waals surface area contributed by atoms with Crippen LogP contribution in [0.2, 0.25) is 5.02 Å². The zero-order chi connectivity index (χ0) is 20.2. The molecule has 2 nitrogen and oxygen atoms in total. The molecule has 0 saturated carbocycles. The van der Waals surface area contributed by atoms with E-state index in [0.29, 0.717) is 0 Å². The molecule has 2 heterocycles. The topological polar surface area (TPSA) is 17.8 Å². The van der Waals surface area contributed by atoms with Gasteiger partial charge in [0, 0.05) is 25.8 Å². The van der Waals surface area contributed by atoms with Crippen LogP contribution in [-0.4, -0.2) is 9.55 Å². The van der Waals surface area contributed by atoms with Crippen molar-refractivity contribution in [2.45, 2.75) is 0 Å². The fraction of sp³-hybridized carbons (Fsp3) is 0. The van der Waals surface area contributed by atoms with E-state index < -0.39 is 0 Å². The summed E-state index contributed by atoms with van der Waals surface area (Å²) in [5.74, 6) is 0. The fourth-order valence-corrected chi connectivity index (χ4v) is 5.82. The van der Waals surface area contributed by atoms with Crippen molar-refractivity contribution >= 4 is 70.9 Å². The first-order valence-electron chi connectivity index (χ1n) is 9.54. The highest BCUT2D eigenvalue weighted by molar-refractivity contribution is 9.10. The van der Waals surface area contributed by atoms with Gasteiger partial charge in [-0.25, -0.2) is 4.98 Å². The Balaban J connectivity index is 1.77. The molecule has 0 aliphatic rings. The van der Waals surface area contributed by atoms with E-state index in [9.17, 15) is 0 Å². The van der Waals surface area contributed by atoms with E-state index >= 15 is 0 Å². The third-order valence-electron chi connectivity index (χ3n) is 5.36. The van der Waals surface area contributed by atoms with Crippen molar-refractivity contribution < 1.29 is 0 Å². The second-order valence-corrected chi connectivity index (χ2v) is 9.43. The second kappa shape index (κ2) is 6.95. The van der Waals surface area contributed by atoms with Crippen molar-refractivity contribution in [2.24, 2.45) is 0 Å². The maximum atomic E-state index is 6.43. The third-order valence-corrected chi connectivity index (χ3v) is 7.40. The molecule has 0 N–H and O–H groups in total. The molecule has 0 amide bonds. The average molecular weight is 490 g/mol. The van der Waals surface area contributed by atoms with Gasteiger partial charge < -0.3 is 4.57 Å². The van der Waals surface area contributed by atoms with Gasteiger partial charge in [0.15, 0.2) is 0 Å². The molecule has 4 aromatic carbocycles. The Kier molecular flexibility index (Phi) is 4.20. The van der Waals surface area contributed by atoms with Crippen LogP contribution >= 0.6 is 38.9 Å². The van der Waals surface area contributed by atoms with E-state index in [-0.39, 0.29) is 0 Å². The summed E-state index contributed by atoms with van der Waals surface area (Å²) in [6.45, 7) is 0. The summed E-state index contributed by atoms with van der Waals surface area (Å²) in [7, 11) is 0. The van der Waals surface area contributed by atoms with Crippen LogP contribution in [0.4, 0.5) is 0 Å². The van der Waals surface area contributed by atoms with Gasteiger partial charge in [-0.2, -0.15) is 0 Å². The molecule has 0 aliphatic carbocycles. The largest absolute Gasteiger partial charge is 0.308 e. The van der Waals surface area contributed by atoms with Crippen molar-refractivity contribution in [1.82, 2.24) is 9.55 Å². The summed E-state index contributed by atoms with van der Waals surface area (Å²) in [5.41, 5.74) is 5.53. The Hall–Kier alpha value is -2.66. The summed E-state index contributed by atoms with van der Waals surface area (Å²) >= 11 is 11.9. The first kappa shape index (κ1) is 18.1. The zero-order valence-electron chi connectivity index (χ0n) is 15.6. The van der Waals surface area contributed by atoms with Crippen molar-refractivity contribution in [1.29, 1.82) is 0 Å². The molecule has 0 aliphatic heterocycles. The summed E-state index contributed by atoms with van der Waals surface area (Å²) in [6, 6.07) is 29.0. The number of halogens is 2. The molecule has 0 spiro atoms. The maximum Gasteiger partial charge on any atom is 0.124 e. The van der Waals surface area contributed by atoms with Crippen LogP contribution in [0.3, 0.4) is 0 Å². The molecular formula is C25H14BrClN2S. The van der Waals surface area contributed by atoms with E-state index in [2.05, 4.69) is 87.2 Å². The zero-order valence-corrected chi connectivity index (χ0v) is 18.8. The third kappa shape index (κ3) is 2.72. The predicted molar refractivity (Wildman–Crippen MR) is 132 cm³/mol. The van der Waals surface area contributed by atoms with Gasteiger partial charge in [-0.3, -0.25) is 0 Å². The van der Waals surface area contributed by atoms with E-state index in [1.54, 1.807) is 11.3 Å². The number of hydrogen-bond acceptors (Lipinski definition) is 2. The molecule has 6 aromatic rings. The lowest BCUT2D eigenvalue weighted by molar-refractivity contribution is 1.17. The Bertz CT molecular complexity index is 1570. The number of fused-ring (bicyclic) bond motifs is 5. The summed E-state index contributed by atoms with van der Waals surface area (Å²) in [5, 5.41) is 4.10. The van der Waals surface area contributed by atoms with Crippen LogP contribution < -0.4 is 0 Å². The molecule has 144 valence electrons. The van der Waals surface area contributed by atoms with Crippen molar-refractivity contribution in [3.05, 3.63) is 94.4 Å². The Morgan fingerprint density at radius 3 is 2.43 bits per heavy atom. The summed E-state index contributed by atoms with van der Waals surface area (Å²) in [4.78, 5) is 4.93. The van der Waals surface area contributed by atoms with Crippen LogP contribution in [-0.2, 0) is 0 Å². The minimum atomic E-state index is 0.735. The highest BCUT2D eigenvalue weighted by Gasteiger charge is 2.18. The smallest absolute Gasteiger partial charge is 0.124 e. The van der Waals surface area contributed by atoms with Crippen molar-refractivity contribution in [2.75, 3.05) is 0 Å². The Morgan fingerprint density at radius 2 is 1.60 bits per heavy atom. The van der Waals surface area contributed by atoms with Crippen LogP contribution in [0.25, 0.3) is 48.3 Å². The molecular weight excluding hydrogens is 476 g/mol. The molecule has 0 radical (unpaired) electrons. The normalized spacial score (nSPS) is 11.7. The van der Waals surface area contributed by atoms with Crippen LogP contribution in [0.15, 0.2) is 89.4 Å². The van der Waals surface area contributed by atoms with E-state index in [4.69, 9.17) is 16.6 Å². The molecule has 6 rings (SSSR count). The minimum Gasteiger partial charge on any atom is -0.308 e. The minimum absolute atomic E-state index is 0.735. The number of aromatic nitrogens is 2. The van der Waals surface area contributed by atoms with Gasteiger partial charge in [-0.1, -0.05) is 54.1 Å². The van der Waals surface area contributed by atoms with Gasteiger partial charge in [0.1, 0.15) is 5.01 Å². The maximum absolute atomic E-state index is 6.43. The van der Waals surface area contributed by atoms with E-state index in [1.165, 1.54) is 10.1 Å². The summed E-state index contributed by atoms with van der Waals surface area (Å²) < 4.78 is 4.53. The lowest BCUT2D eigenvalue weighted by atomic mass is 10.1. The van der Waals surface area contributed by atoms with E-state index in [0.717, 1.165) is 47.7 Å². The predicted octanol–water partition coefficient (Wildman–Crippen LogP) is 8.48. The SMILES string of the molecule is Clc1ccc2c(c1)c1c3sc(-c4ccccc4)nc3ccc1n2-c1ccccc1Br. The lowest BCUT2D eigenvalue weighted by Crippen LogP contribution is -1.94. The number of rotatable bonds is 2. The molecule has 0 atom stereocenters. The second-order valence-electron chi connectivity index (χ2n) is 7.14. The standard InChI is InChI=1S/C25H14BrClN2S/c26-18-8-4-5-9-21(18)29-20-12-10-16(27)14-17(20)23-22(29)13-11-19-24(23)30-25(28-19)15-6-2-1-3-7-15/h1-14H. The molecule has 5 heteroatoms. The van der Waals surface area contributed by atoms with Gasteiger partial charge in [0.2, 0.25) is 0 Å². The molecule has 30 heavy (non-hydrogen) atoms. The lowest BCUT2D eigenvalue weighted by Gasteiger charge is -2.09. The summed E-state index contributed by atoms with van der Waals surface area (Å²) in [6.07, 6.45) is 0. The van der Waals surface area contributed by atoms with Gasteiger partial charge in [-0.05, 0) is 58.4 Å². The average Bonchev–Trinajstić information content (AvgIpc) is 3.34. The van der Waals surface area contributed by atoms with Gasteiger partial charge in [0.05, 0.1) is 26.9 Å². The molecule has 2 aromatic heterocycles. The van der Waals surface area contributed by atoms with Gasteiger partial charge in [-0.15, -0.1) is 11.3 Å². The van der Waals surface area contributed by atoms with Gasteiger partial charge in [0.25, 0.3) is 0 Å². The number of para-hydroxylation sites is 1. The number of benzene rings is 4. The van der Waals surface area contributed by atoms with Crippen molar-refractivity contribution in [3.8, 4) is 16.3 Å². The molecule has 0 saturated heterocycles. The van der Waals surface area contributed by atoms with Crippen LogP contribution in [0.1, 0.15) is 0 Å². The Labute approximate surface area is 190 Å². The van der Waals surface area contributed by atoms with E-state index in [1.807, 2.05) is 18.2 Å². The highest BCUT2D eigenvalue weighted by atomic mass is 79.9. The monoisotopic (exact) mass is 488 g/mol. The number of hydrogen-bond donors (Lipinski definition) is 0. The molecule has 0 bridgehead atoms. The number of thiazole rings is 1. The fourth-order valence-electron chi connectivity index (χ4n) is 4.06. The van der Waals surface area contributed by atoms with Crippen LogP contribution in [0, 0.1) is 0 Å².